The Morgan fingerprint density at radius 3 is 1.11 bits per heavy atom. The van der Waals surface area contributed by atoms with Gasteiger partial charge in [-0.1, -0.05) is 0 Å². The molecule has 0 bridgehead atoms. The largest absolute Gasteiger partial charge is 2.00 e. The fourth-order valence-electron chi connectivity index (χ4n) is 0.577. The maximum atomic E-state index is 9.95. The molecule has 0 rings (SSSR count). The van der Waals surface area contributed by atoms with Gasteiger partial charge in [0, 0.05) is 12.8 Å². The van der Waals surface area contributed by atoms with Crippen molar-refractivity contribution in [3.8, 4) is 0 Å². The van der Waals surface area contributed by atoms with Gasteiger partial charge in [-0.15, -0.1) is 0 Å². The number of primary amides is 2. The van der Waals surface area contributed by atoms with E-state index in [1.54, 1.807) is 0 Å². The maximum absolute atomic E-state index is 9.95. The molecule has 10 nitrogen and oxygen atoms in total. The third-order valence-electron chi connectivity index (χ3n) is 1.41. The van der Waals surface area contributed by atoms with Crippen molar-refractivity contribution in [3.63, 3.8) is 0 Å². The molecule has 104 valence electrons. The summed E-state index contributed by atoms with van der Waals surface area (Å²) in [7, 11) is 0. The summed E-state index contributed by atoms with van der Waals surface area (Å²) in [4.78, 5) is 39.6. The van der Waals surface area contributed by atoms with Crippen LogP contribution in [0, 0.1) is 0 Å². The van der Waals surface area contributed by atoms with Gasteiger partial charge >= 0.3 is 19.5 Å². The third kappa shape index (κ3) is 16.4. The Morgan fingerprint density at radius 1 is 0.842 bits per heavy atom. The number of amides is 2. The number of hydrogen-bond donors (Lipinski definition) is 4. The molecule has 0 aliphatic heterocycles. The molecule has 8 N–H and O–H groups in total. The Labute approximate surface area is 121 Å². The minimum Gasteiger partial charge on any atom is -0.665 e. The quantitative estimate of drug-likeness (QED) is 0.436. The molecule has 0 radical (unpaired) electrons. The van der Waals surface area contributed by atoms with Gasteiger partial charge in [-0.2, -0.15) is 0 Å². The van der Waals surface area contributed by atoms with Crippen molar-refractivity contribution in [2.75, 3.05) is 0 Å². The second-order valence-electron chi connectivity index (χ2n) is 3.12. The average molecular weight is 328 g/mol. The first-order chi connectivity index (χ1) is 8.07. The normalized spacial score (nSPS) is 11.9. The molecular formula is C8H14N4O6Zn. The number of carboxylic acid groups (broad SMARTS) is 2. The molecule has 11 heteroatoms. The number of aliphatic carboxylic acids is 2. The molecule has 0 spiro atoms. The van der Waals surface area contributed by atoms with Gasteiger partial charge in [0.2, 0.25) is 11.8 Å². The predicted molar refractivity (Wildman–Crippen MR) is 59.1 cm³/mol. The fourth-order valence-corrected chi connectivity index (χ4v) is 0.577. The van der Waals surface area contributed by atoms with Crippen molar-refractivity contribution in [3.05, 3.63) is 11.5 Å². The van der Waals surface area contributed by atoms with Crippen molar-refractivity contribution >= 4 is 23.8 Å². The van der Waals surface area contributed by atoms with Gasteiger partial charge in [0.25, 0.3) is 11.9 Å². The van der Waals surface area contributed by atoms with Crippen LogP contribution in [0.2, 0.25) is 0 Å². The van der Waals surface area contributed by atoms with E-state index in [1.807, 2.05) is 0 Å². The van der Waals surface area contributed by atoms with E-state index >= 15 is 0 Å². The van der Waals surface area contributed by atoms with Gasteiger partial charge in [-0.25, -0.2) is 0 Å². The fraction of sp³-hybridized carbons (Fsp3) is 0.500. The molecule has 0 aromatic rings. The summed E-state index contributed by atoms with van der Waals surface area (Å²) in [6.45, 7) is 0. The second-order valence-corrected chi connectivity index (χ2v) is 3.12. The molecule has 2 atom stereocenters. The summed E-state index contributed by atoms with van der Waals surface area (Å²) in [6, 6.07) is -2.83. The molecule has 0 aliphatic carbocycles. The van der Waals surface area contributed by atoms with Gasteiger partial charge in [0.1, 0.15) is 0 Å². The molecular weight excluding hydrogens is 313 g/mol. The third-order valence-corrected chi connectivity index (χ3v) is 1.41. The zero-order valence-electron chi connectivity index (χ0n) is 9.96. The zero-order valence-corrected chi connectivity index (χ0v) is 12.9. The smallest absolute Gasteiger partial charge is 0.665 e. The Kier molecular flexibility index (Phi) is 13.7. The van der Waals surface area contributed by atoms with Gasteiger partial charge in [-0.3, -0.25) is 19.2 Å². The molecule has 19 heavy (non-hydrogen) atoms. The molecule has 0 aromatic heterocycles. The van der Waals surface area contributed by atoms with E-state index in [0.29, 0.717) is 0 Å². The molecule has 0 saturated heterocycles. The number of carboxylic acids is 2. The van der Waals surface area contributed by atoms with Crippen LogP contribution in [0.1, 0.15) is 12.8 Å². The van der Waals surface area contributed by atoms with Crippen LogP contribution in [0.15, 0.2) is 0 Å². The first-order valence-corrected chi connectivity index (χ1v) is 4.52. The number of nitrogens with two attached hydrogens (primary N) is 2. The van der Waals surface area contributed by atoms with Crippen molar-refractivity contribution in [2.24, 2.45) is 11.5 Å². The number of nitrogens with one attached hydrogen (secondary N) is 2. The first-order valence-electron chi connectivity index (χ1n) is 4.52. The molecule has 2 amide bonds. The van der Waals surface area contributed by atoms with E-state index in [0.717, 1.165) is 0 Å². The zero-order chi connectivity index (χ0) is 14.9. The van der Waals surface area contributed by atoms with Gasteiger partial charge < -0.3 is 33.1 Å². The molecule has 2 unspecified atom stereocenters. The van der Waals surface area contributed by atoms with Crippen molar-refractivity contribution in [2.45, 2.75) is 24.9 Å². The topological polar surface area (TPSA) is 208 Å². The van der Waals surface area contributed by atoms with Gasteiger partial charge in [0.05, 0.1) is 0 Å². The number of hydrogen-bond acceptors (Lipinski definition) is 4. The van der Waals surface area contributed by atoms with Crippen LogP contribution in [0.5, 0.6) is 0 Å². The summed E-state index contributed by atoms with van der Waals surface area (Å²) in [5.41, 5.74) is 22.5. The van der Waals surface area contributed by atoms with Crippen LogP contribution in [-0.2, 0) is 38.7 Å². The number of carbonyl (C=O) groups excluding carboxylic acids is 2. The van der Waals surface area contributed by atoms with E-state index in [-0.39, 0.29) is 19.5 Å². The SMILES string of the molecule is [NH-]C(CC(N)=O)C(=O)O.[NH-]C(CC(N)=O)C(=O)O.[Zn+2]. The Morgan fingerprint density at radius 2 is 1.05 bits per heavy atom. The van der Waals surface area contributed by atoms with E-state index in [1.165, 1.54) is 0 Å². The van der Waals surface area contributed by atoms with Crippen LogP contribution in [0.4, 0.5) is 0 Å². The maximum Gasteiger partial charge on any atom is 2.00 e. The summed E-state index contributed by atoms with van der Waals surface area (Å²) in [5, 5.41) is 16.1. The summed E-state index contributed by atoms with van der Waals surface area (Å²) >= 11 is 0. The predicted octanol–water partition coefficient (Wildman–Crippen LogP) is -1.27. The van der Waals surface area contributed by atoms with Crippen molar-refractivity contribution in [1.82, 2.24) is 0 Å². The number of rotatable bonds is 6. The minimum absolute atomic E-state index is 0. The Bertz CT molecular complexity index is 305. The van der Waals surface area contributed by atoms with Crippen LogP contribution >= 0.6 is 0 Å². The standard InChI is InChI=1S/2C4H7N2O3.Zn/c2*5-2(4(8)9)1-3(6)7;/h2*2,5H,1H2,(H2,6,7)(H,8,9);/q2*-1;+2. The first kappa shape index (κ1) is 22.6. The minimum atomic E-state index is -1.41. The molecule has 0 fully saturated rings. The Balaban J connectivity index is -0.000000256. The Hall–Kier alpha value is -1.58. The van der Waals surface area contributed by atoms with Crippen LogP contribution in [-0.4, -0.2) is 46.0 Å². The molecule has 0 aromatic carbocycles. The van der Waals surface area contributed by atoms with Gasteiger partial charge in [0.15, 0.2) is 0 Å². The van der Waals surface area contributed by atoms with Crippen molar-refractivity contribution in [1.29, 1.82) is 0 Å². The van der Waals surface area contributed by atoms with E-state index in [9.17, 15) is 19.2 Å². The summed E-state index contributed by atoms with van der Waals surface area (Å²) < 4.78 is 0. The van der Waals surface area contributed by atoms with Crippen LogP contribution < -0.4 is 11.5 Å². The van der Waals surface area contributed by atoms with Gasteiger partial charge in [-0.05, 0) is 12.1 Å². The number of carbonyl (C=O) groups is 4. The molecule has 0 heterocycles. The summed E-state index contributed by atoms with van der Waals surface area (Å²) in [6.07, 6.45) is -0.843. The van der Waals surface area contributed by atoms with Crippen LogP contribution in [0.25, 0.3) is 11.5 Å². The molecule has 0 saturated carbocycles. The monoisotopic (exact) mass is 326 g/mol. The van der Waals surface area contributed by atoms with Crippen LogP contribution in [0.3, 0.4) is 0 Å². The summed E-state index contributed by atoms with van der Waals surface area (Å²) in [5.74, 6) is -4.18. The van der Waals surface area contributed by atoms with E-state index in [2.05, 4.69) is 11.5 Å². The van der Waals surface area contributed by atoms with E-state index in [4.69, 9.17) is 21.7 Å². The van der Waals surface area contributed by atoms with Crippen molar-refractivity contribution < 1.29 is 48.9 Å². The van der Waals surface area contributed by atoms with E-state index < -0.39 is 48.7 Å². The molecule has 0 aliphatic rings. The average Bonchev–Trinajstić information content (AvgIpc) is 2.16. The second kappa shape index (κ2) is 11.5.